The molecule has 3 aromatic rings. The first-order valence-corrected chi connectivity index (χ1v) is 11.1. The summed E-state index contributed by atoms with van der Waals surface area (Å²) in [6.45, 7) is 1.68. The summed E-state index contributed by atoms with van der Waals surface area (Å²) < 4.78 is 11.2. The van der Waals surface area contributed by atoms with Crippen LogP contribution in [0.5, 0.6) is 0 Å². The predicted octanol–water partition coefficient (Wildman–Crippen LogP) is 4.29. The van der Waals surface area contributed by atoms with Crippen molar-refractivity contribution in [2.45, 2.75) is 32.1 Å². The summed E-state index contributed by atoms with van der Waals surface area (Å²) in [4.78, 5) is 33.0. The summed E-state index contributed by atoms with van der Waals surface area (Å²) in [7, 11) is 0. The molecule has 1 saturated carbocycles. The van der Waals surface area contributed by atoms with Crippen LogP contribution >= 0.6 is 0 Å². The summed E-state index contributed by atoms with van der Waals surface area (Å²) in [6, 6.07) is 10.4. The number of nitrogens with one attached hydrogen (secondary N) is 1. The lowest BCUT2D eigenvalue weighted by Crippen LogP contribution is -2.28. The number of pyridine rings is 1. The zero-order valence-electron chi connectivity index (χ0n) is 18.0. The summed E-state index contributed by atoms with van der Waals surface area (Å²) in [5.74, 6) is 0.570. The van der Waals surface area contributed by atoms with Crippen LogP contribution < -0.4 is 5.32 Å². The van der Waals surface area contributed by atoms with Crippen molar-refractivity contribution in [1.29, 1.82) is 0 Å². The predicted molar refractivity (Wildman–Crippen MR) is 119 cm³/mol. The van der Waals surface area contributed by atoms with E-state index in [-0.39, 0.29) is 17.4 Å². The molecule has 0 radical (unpaired) electrons. The molecule has 0 atom stereocenters. The van der Waals surface area contributed by atoms with Gasteiger partial charge >= 0.3 is 0 Å². The van der Waals surface area contributed by atoms with Gasteiger partial charge in [0.05, 0.1) is 6.61 Å². The Hall–Kier alpha value is -3.32. The first-order chi connectivity index (χ1) is 15.7. The van der Waals surface area contributed by atoms with E-state index in [1.54, 1.807) is 42.6 Å². The maximum absolute atomic E-state index is 12.5. The van der Waals surface area contributed by atoms with Crippen LogP contribution in [0.2, 0.25) is 0 Å². The fourth-order valence-corrected chi connectivity index (χ4v) is 3.87. The second-order valence-corrected chi connectivity index (χ2v) is 8.02. The monoisotopic (exact) mass is 433 g/mol. The number of amides is 1. The number of carbonyl (C=O) groups excluding carboxylic acids is 2. The smallest absolute Gasteiger partial charge is 0.273 e. The molecule has 0 aliphatic heterocycles. The molecule has 0 bridgehead atoms. The highest BCUT2D eigenvalue weighted by Crippen LogP contribution is 2.23. The van der Waals surface area contributed by atoms with Crippen LogP contribution in [0.1, 0.15) is 58.5 Å². The number of aromatic nitrogens is 2. The Morgan fingerprint density at radius 3 is 2.62 bits per heavy atom. The first-order valence-electron chi connectivity index (χ1n) is 11.1. The van der Waals surface area contributed by atoms with E-state index in [4.69, 9.17) is 9.15 Å². The van der Waals surface area contributed by atoms with Crippen LogP contribution in [0.25, 0.3) is 11.5 Å². The molecule has 1 amide bonds. The minimum atomic E-state index is -0.301. The number of nitrogens with zero attached hydrogens (tertiary/aromatic N) is 2. The highest BCUT2D eigenvalue weighted by molar-refractivity contribution is 6.08. The van der Waals surface area contributed by atoms with Crippen molar-refractivity contribution in [2.24, 2.45) is 5.92 Å². The molecular weight excluding hydrogens is 406 g/mol. The van der Waals surface area contributed by atoms with E-state index in [9.17, 15) is 9.59 Å². The molecule has 1 aliphatic carbocycles. The molecule has 1 aromatic carbocycles. The molecule has 2 heterocycles. The second-order valence-electron chi connectivity index (χ2n) is 8.02. The van der Waals surface area contributed by atoms with Gasteiger partial charge in [-0.2, -0.15) is 0 Å². The van der Waals surface area contributed by atoms with Crippen LogP contribution in [0.3, 0.4) is 0 Å². The molecule has 1 aliphatic rings. The molecule has 2 aromatic heterocycles. The van der Waals surface area contributed by atoms with Crippen LogP contribution in [-0.2, 0) is 4.74 Å². The second kappa shape index (κ2) is 10.8. The van der Waals surface area contributed by atoms with Crippen LogP contribution in [0.4, 0.5) is 0 Å². The van der Waals surface area contributed by atoms with Gasteiger partial charge in [-0.3, -0.25) is 14.6 Å². The van der Waals surface area contributed by atoms with Gasteiger partial charge in [-0.1, -0.05) is 31.4 Å². The van der Waals surface area contributed by atoms with Gasteiger partial charge in [-0.25, -0.2) is 4.98 Å². The Morgan fingerprint density at radius 1 is 1.06 bits per heavy atom. The number of ketones is 1. The van der Waals surface area contributed by atoms with Gasteiger partial charge in [-0.05, 0) is 43.0 Å². The highest BCUT2D eigenvalue weighted by Gasteiger charge is 2.16. The van der Waals surface area contributed by atoms with Gasteiger partial charge < -0.3 is 14.5 Å². The summed E-state index contributed by atoms with van der Waals surface area (Å²) in [5.41, 5.74) is 1.96. The number of rotatable bonds is 9. The Labute approximate surface area is 187 Å². The van der Waals surface area contributed by atoms with Crippen molar-refractivity contribution in [3.05, 3.63) is 71.9 Å². The standard InChI is InChI=1S/C25H27N3O4/c29-23(21-7-4-12-26-15-21)19-8-10-20(11-9-19)25-28-22(17-32-25)24(30)27-13-14-31-16-18-5-2-1-3-6-18/h4,7-12,15,17-18H,1-3,5-6,13-14,16H2,(H,27,30). The van der Waals surface area contributed by atoms with Crippen molar-refractivity contribution < 1.29 is 18.7 Å². The van der Waals surface area contributed by atoms with Crippen molar-refractivity contribution in [1.82, 2.24) is 15.3 Å². The average molecular weight is 434 g/mol. The highest BCUT2D eigenvalue weighted by atomic mass is 16.5. The number of carbonyl (C=O) groups is 2. The lowest BCUT2D eigenvalue weighted by molar-refractivity contribution is 0.0793. The van der Waals surface area contributed by atoms with E-state index in [0.717, 1.165) is 6.61 Å². The van der Waals surface area contributed by atoms with Gasteiger partial charge in [0.1, 0.15) is 6.26 Å². The maximum Gasteiger partial charge on any atom is 0.273 e. The van der Waals surface area contributed by atoms with Crippen molar-refractivity contribution in [3.8, 4) is 11.5 Å². The van der Waals surface area contributed by atoms with Crippen LogP contribution in [0.15, 0.2) is 59.5 Å². The van der Waals surface area contributed by atoms with E-state index >= 15 is 0 Å². The zero-order valence-corrected chi connectivity index (χ0v) is 18.0. The fraction of sp³-hybridized carbons (Fsp3) is 0.360. The average Bonchev–Trinajstić information content (AvgIpc) is 3.35. The molecule has 1 fully saturated rings. The molecule has 0 spiro atoms. The summed E-state index contributed by atoms with van der Waals surface area (Å²) in [5, 5.41) is 2.81. The molecule has 166 valence electrons. The molecule has 1 N–H and O–H groups in total. The molecule has 0 saturated heterocycles. The lowest BCUT2D eigenvalue weighted by atomic mass is 9.90. The topological polar surface area (TPSA) is 94.3 Å². The summed E-state index contributed by atoms with van der Waals surface area (Å²) in [6.07, 6.45) is 10.9. The number of hydrogen-bond acceptors (Lipinski definition) is 6. The number of oxazole rings is 1. The molecular formula is C25H27N3O4. The zero-order chi connectivity index (χ0) is 22.2. The van der Waals surface area contributed by atoms with E-state index < -0.39 is 0 Å². The summed E-state index contributed by atoms with van der Waals surface area (Å²) >= 11 is 0. The van der Waals surface area contributed by atoms with Crippen molar-refractivity contribution in [2.75, 3.05) is 19.8 Å². The third-order valence-corrected chi connectivity index (χ3v) is 5.66. The Balaban J connectivity index is 1.26. The SMILES string of the molecule is O=C(c1ccc(-c2nc(C(=O)NCCOCC3CCCCC3)co2)cc1)c1cccnc1. The van der Waals surface area contributed by atoms with Gasteiger partial charge in [-0.15, -0.1) is 0 Å². The van der Waals surface area contributed by atoms with E-state index in [1.165, 1.54) is 44.6 Å². The lowest BCUT2D eigenvalue weighted by Gasteiger charge is -2.21. The number of ether oxygens (including phenoxy) is 1. The minimum Gasteiger partial charge on any atom is -0.444 e. The minimum absolute atomic E-state index is 0.108. The van der Waals surface area contributed by atoms with Crippen molar-refractivity contribution >= 4 is 11.7 Å². The van der Waals surface area contributed by atoms with E-state index in [0.29, 0.717) is 41.7 Å². The first kappa shape index (κ1) is 21.9. The molecule has 32 heavy (non-hydrogen) atoms. The van der Waals surface area contributed by atoms with E-state index in [1.807, 2.05) is 0 Å². The Kier molecular flexibility index (Phi) is 7.40. The number of benzene rings is 1. The fourth-order valence-electron chi connectivity index (χ4n) is 3.87. The van der Waals surface area contributed by atoms with Gasteiger partial charge in [0.25, 0.3) is 5.91 Å². The molecule has 4 rings (SSSR count). The molecule has 7 nitrogen and oxygen atoms in total. The van der Waals surface area contributed by atoms with Crippen LogP contribution in [0, 0.1) is 5.92 Å². The van der Waals surface area contributed by atoms with Gasteiger partial charge in [0.15, 0.2) is 11.5 Å². The Morgan fingerprint density at radius 2 is 1.88 bits per heavy atom. The molecule has 7 heteroatoms. The Bertz CT molecular complexity index is 1020. The van der Waals surface area contributed by atoms with E-state index in [2.05, 4.69) is 15.3 Å². The quantitative estimate of drug-likeness (QED) is 0.400. The molecule has 0 unspecified atom stereocenters. The van der Waals surface area contributed by atoms with Crippen molar-refractivity contribution in [3.63, 3.8) is 0 Å². The van der Waals surface area contributed by atoms with Gasteiger partial charge in [0, 0.05) is 42.2 Å². The van der Waals surface area contributed by atoms with Gasteiger partial charge in [0.2, 0.25) is 5.89 Å². The largest absolute Gasteiger partial charge is 0.444 e. The third-order valence-electron chi connectivity index (χ3n) is 5.66. The normalized spacial score (nSPS) is 14.2. The maximum atomic E-state index is 12.5. The third kappa shape index (κ3) is 5.68. The number of hydrogen-bond donors (Lipinski definition) is 1. The van der Waals surface area contributed by atoms with Crippen LogP contribution in [-0.4, -0.2) is 41.4 Å².